The molecule has 9 rings (SSSR count). The van der Waals surface area contributed by atoms with Gasteiger partial charge in [-0.05, 0) is 68.4 Å². The third kappa shape index (κ3) is 4.94. The predicted molar refractivity (Wildman–Crippen MR) is 202 cm³/mol. The third-order valence-electron chi connectivity index (χ3n) is 9.93. The summed E-state index contributed by atoms with van der Waals surface area (Å²) in [6.45, 7) is 4.70. The highest BCUT2D eigenvalue weighted by atomic mass is 14.9. The van der Waals surface area contributed by atoms with Crippen LogP contribution in [0.25, 0.3) is 78.2 Å². The molecule has 0 aliphatic heterocycles. The Kier molecular flexibility index (Phi) is 6.80. The summed E-state index contributed by atoms with van der Waals surface area (Å²) in [4.78, 5) is 15.1. The van der Waals surface area contributed by atoms with E-state index >= 15 is 0 Å². The van der Waals surface area contributed by atoms with Gasteiger partial charge in [-0.15, -0.1) is 0 Å². The fourth-order valence-corrected chi connectivity index (χ4v) is 7.54. The molecule has 0 saturated heterocycles. The van der Waals surface area contributed by atoms with Crippen LogP contribution in [-0.4, -0.2) is 15.0 Å². The van der Waals surface area contributed by atoms with Gasteiger partial charge in [0, 0.05) is 33.9 Å². The van der Waals surface area contributed by atoms with Gasteiger partial charge in [0.15, 0.2) is 5.82 Å². The van der Waals surface area contributed by atoms with Gasteiger partial charge in [0.1, 0.15) is 0 Å². The Morgan fingerprint density at radius 3 is 1.96 bits per heavy atom. The van der Waals surface area contributed by atoms with Gasteiger partial charge in [0.05, 0.1) is 17.1 Å². The van der Waals surface area contributed by atoms with Crippen molar-refractivity contribution < 1.29 is 0 Å². The van der Waals surface area contributed by atoms with Crippen LogP contribution in [0.1, 0.15) is 25.0 Å². The van der Waals surface area contributed by atoms with Crippen molar-refractivity contribution in [2.45, 2.75) is 19.3 Å². The molecule has 0 fully saturated rings. The molecule has 0 atom stereocenters. The van der Waals surface area contributed by atoms with Crippen molar-refractivity contribution in [3.8, 4) is 67.4 Å². The average Bonchev–Trinajstić information content (AvgIpc) is 3.42. The molecule has 1 aliphatic carbocycles. The lowest BCUT2D eigenvalue weighted by molar-refractivity contribution is 0.666. The molecule has 0 N–H and O–H groups in total. The minimum Gasteiger partial charge on any atom is -0.256 e. The van der Waals surface area contributed by atoms with E-state index in [0.29, 0.717) is 5.82 Å². The average molecular weight is 628 g/mol. The molecule has 3 heteroatoms. The highest BCUT2D eigenvalue weighted by Crippen LogP contribution is 2.54. The van der Waals surface area contributed by atoms with Crippen molar-refractivity contribution in [1.82, 2.24) is 15.0 Å². The fourth-order valence-electron chi connectivity index (χ4n) is 7.54. The number of nitrogens with zero attached hydrogens (tertiary/aromatic N) is 3. The molecule has 49 heavy (non-hydrogen) atoms. The third-order valence-corrected chi connectivity index (χ3v) is 9.93. The minimum absolute atomic E-state index is 0.161. The lowest BCUT2D eigenvalue weighted by atomic mass is 9.80. The monoisotopic (exact) mass is 627 g/mol. The molecule has 0 unspecified atom stereocenters. The Bertz CT molecular complexity index is 2500. The quantitative estimate of drug-likeness (QED) is 0.191. The zero-order valence-corrected chi connectivity index (χ0v) is 27.4. The first-order valence-electron chi connectivity index (χ1n) is 16.8. The van der Waals surface area contributed by atoms with Gasteiger partial charge in [-0.2, -0.15) is 0 Å². The van der Waals surface area contributed by atoms with Crippen molar-refractivity contribution in [2.75, 3.05) is 0 Å². The highest BCUT2D eigenvalue weighted by molar-refractivity contribution is 6.01. The van der Waals surface area contributed by atoms with Crippen LogP contribution in [0.15, 0.2) is 164 Å². The van der Waals surface area contributed by atoms with Crippen molar-refractivity contribution in [3.05, 3.63) is 175 Å². The predicted octanol–water partition coefficient (Wildman–Crippen LogP) is 11.7. The molecule has 0 bridgehead atoms. The van der Waals surface area contributed by atoms with Crippen LogP contribution in [-0.2, 0) is 5.41 Å². The topological polar surface area (TPSA) is 38.7 Å². The van der Waals surface area contributed by atoms with E-state index in [1.54, 1.807) is 0 Å². The van der Waals surface area contributed by atoms with Gasteiger partial charge < -0.3 is 0 Å². The maximum atomic E-state index is 5.34. The van der Waals surface area contributed by atoms with E-state index in [1.807, 2.05) is 30.5 Å². The van der Waals surface area contributed by atoms with Crippen molar-refractivity contribution in [1.29, 1.82) is 0 Å². The van der Waals surface area contributed by atoms with Crippen LogP contribution >= 0.6 is 0 Å². The SMILES string of the molecule is CC1(C)c2cccc(-c3cc(-c4ccc(-c5ccccn5)cc4)nc(-c4cccc(-c5ccccc5)c4)n3)c2-c2ccc3ccccc3c21. The summed E-state index contributed by atoms with van der Waals surface area (Å²) in [5.41, 5.74) is 14.3. The Morgan fingerprint density at radius 2 is 1.14 bits per heavy atom. The molecule has 0 radical (unpaired) electrons. The number of hydrogen-bond donors (Lipinski definition) is 0. The normalized spacial score (nSPS) is 12.9. The summed E-state index contributed by atoms with van der Waals surface area (Å²) < 4.78 is 0. The Labute approximate surface area is 286 Å². The largest absolute Gasteiger partial charge is 0.256 e. The van der Waals surface area contributed by atoms with E-state index in [0.717, 1.165) is 50.5 Å². The molecule has 232 valence electrons. The van der Waals surface area contributed by atoms with Gasteiger partial charge in [0.2, 0.25) is 0 Å². The minimum atomic E-state index is -0.161. The second kappa shape index (κ2) is 11.5. The second-order valence-corrected chi connectivity index (χ2v) is 13.3. The van der Waals surface area contributed by atoms with E-state index in [2.05, 4.69) is 152 Å². The summed E-state index contributed by atoms with van der Waals surface area (Å²) in [5.74, 6) is 0.702. The number of pyridine rings is 1. The maximum Gasteiger partial charge on any atom is 0.160 e. The summed E-state index contributed by atoms with van der Waals surface area (Å²) in [6, 6.07) is 55.7. The van der Waals surface area contributed by atoms with Crippen molar-refractivity contribution >= 4 is 10.8 Å². The fraction of sp³-hybridized carbons (Fsp3) is 0.0652. The number of fused-ring (bicyclic) bond motifs is 5. The Hall–Kier alpha value is -6.19. The summed E-state index contributed by atoms with van der Waals surface area (Å²) in [7, 11) is 0. The molecule has 0 saturated carbocycles. The first kappa shape index (κ1) is 29.0. The summed E-state index contributed by atoms with van der Waals surface area (Å²) in [6.07, 6.45) is 1.83. The van der Waals surface area contributed by atoms with Crippen LogP contribution in [0, 0.1) is 0 Å². The van der Waals surface area contributed by atoms with Crippen molar-refractivity contribution in [3.63, 3.8) is 0 Å². The van der Waals surface area contributed by atoms with Crippen LogP contribution in [0.2, 0.25) is 0 Å². The summed E-state index contributed by atoms with van der Waals surface area (Å²) >= 11 is 0. The van der Waals surface area contributed by atoms with Crippen LogP contribution in [0.5, 0.6) is 0 Å². The second-order valence-electron chi connectivity index (χ2n) is 13.3. The van der Waals surface area contributed by atoms with E-state index in [9.17, 15) is 0 Å². The smallest absolute Gasteiger partial charge is 0.160 e. The molecule has 2 heterocycles. The Morgan fingerprint density at radius 1 is 0.449 bits per heavy atom. The van der Waals surface area contributed by atoms with Crippen molar-refractivity contribution in [2.24, 2.45) is 0 Å². The van der Waals surface area contributed by atoms with Gasteiger partial charge in [-0.1, -0.05) is 147 Å². The lowest BCUT2D eigenvalue weighted by Gasteiger charge is -2.23. The van der Waals surface area contributed by atoms with Crippen LogP contribution in [0.3, 0.4) is 0 Å². The van der Waals surface area contributed by atoms with Gasteiger partial charge >= 0.3 is 0 Å². The lowest BCUT2D eigenvalue weighted by Crippen LogP contribution is -2.15. The number of rotatable bonds is 5. The molecule has 2 aromatic heterocycles. The zero-order valence-electron chi connectivity index (χ0n) is 27.4. The number of hydrogen-bond acceptors (Lipinski definition) is 3. The Balaban J connectivity index is 1.25. The molecule has 0 spiro atoms. The van der Waals surface area contributed by atoms with E-state index in [4.69, 9.17) is 9.97 Å². The standard InChI is InChI=1S/C46H33N3/c1-46(2)39-19-11-18-37(43(39)38-26-25-31-14-6-7-17-36(31)44(38)46)42-29-41(33-23-21-32(22-24-33)40-20-8-9-27-47-40)48-45(49-42)35-16-10-15-34(28-35)30-12-4-3-5-13-30/h3-29H,1-2H3. The highest BCUT2D eigenvalue weighted by Gasteiger charge is 2.38. The molecular weight excluding hydrogens is 595 g/mol. The molecule has 0 amide bonds. The van der Waals surface area contributed by atoms with E-state index in [-0.39, 0.29) is 5.41 Å². The molecular formula is C46H33N3. The van der Waals surface area contributed by atoms with Gasteiger partial charge in [-0.25, -0.2) is 9.97 Å². The molecule has 6 aromatic carbocycles. The van der Waals surface area contributed by atoms with E-state index < -0.39 is 0 Å². The van der Waals surface area contributed by atoms with Gasteiger partial charge in [0.25, 0.3) is 0 Å². The zero-order chi connectivity index (χ0) is 33.0. The molecule has 8 aromatic rings. The van der Waals surface area contributed by atoms with Crippen LogP contribution < -0.4 is 0 Å². The molecule has 3 nitrogen and oxygen atoms in total. The first-order valence-corrected chi connectivity index (χ1v) is 16.8. The number of benzene rings is 6. The molecule has 1 aliphatic rings. The van der Waals surface area contributed by atoms with Gasteiger partial charge in [-0.3, -0.25) is 4.98 Å². The van der Waals surface area contributed by atoms with Crippen LogP contribution in [0.4, 0.5) is 0 Å². The first-order chi connectivity index (χ1) is 24.0. The number of aromatic nitrogens is 3. The summed E-state index contributed by atoms with van der Waals surface area (Å²) in [5, 5.41) is 2.57. The van der Waals surface area contributed by atoms with E-state index in [1.165, 1.54) is 33.0 Å². The maximum absolute atomic E-state index is 5.34.